The molecule has 0 N–H and O–H groups in total. The number of benzene rings is 1. The minimum absolute atomic E-state index is 0.0204. The van der Waals surface area contributed by atoms with Gasteiger partial charge in [-0.05, 0) is 18.2 Å². The Kier molecular flexibility index (Phi) is 5.08. The molecule has 4 nitrogen and oxygen atoms in total. The first kappa shape index (κ1) is 14.9. The first-order chi connectivity index (χ1) is 8.40. The van der Waals surface area contributed by atoms with Crippen molar-refractivity contribution in [1.82, 2.24) is 4.31 Å². The molecular formula is C11H12ClFN2O2S. The highest BCUT2D eigenvalue weighted by Gasteiger charge is 2.18. The van der Waals surface area contributed by atoms with Gasteiger partial charge in [-0.3, -0.25) is 0 Å². The molecule has 0 spiro atoms. The lowest BCUT2D eigenvalue weighted by molar-refractivity contribution is 0.457. The van der Waals surface area contributed by atoms with Crippen molar-refractivity contribution < 1.29 is 12.8 Å². The molecule has 18 heavy (non-hydrogen) atoms. The summed E-state index contributed by atoms with van der Waals surface area (Å²) in [7, 11) is -2.15. The summed E-state index contributed by atoms with van der Waals surface area (Å²) >= 11 is 5.39. The molecule has 0 atom stereocenters. The summed E-state index contributed by atoms with van der Waals surface area (Å²) in [4.78, 5) is 0. The first-order valence-corrected chi connectivity index (χ1v) is 7.23. The quantitative estimate of drug-likeness (QED) is 0.776. The minimum Gasteiger partial charge on any atom is -0.212 e. The van der Waals surface area contributed by atoms with E-state index in [1.165, 1.54) is 19.2 Å². The van der Waals surface area contributed by atoms with Crippen LogP contribution in [0.25, 0.3) is 0 Å². The van der Waals surface area contributed by atoms with Gasteiger partial charge in [-0.1, -0.05) is 0 Å². The molecule has 0 radical (unpaired) electrons. The molecule has 0 saturated carbocycles. The number of sulfonamides is 1. The van der Waals surface area contributed by atoms with Crippen LogP contribution in [0.4, 0.5) is 4.39 Å². The lowest BCUT2D eigenvalue weighted by atomic mass is 10.1. The molecule has 1 aromatic rings. The van der Waals surface area contributed by atoms with Gasteiger partial charge in [-0.25, -0.2) is 17.1 Å². The van der Waals surface area contributed by atoms with Crippen LogP contribution in [0.3, 0.4) is 0 Å². The first-order valence-electron chi connectivity index (χ1n) is 5.09. The smallest absolute Gasteiger partial charge is 0.212 e. The zero-order valence-electron chi connectivity index (χ0n) is 9.73. The Hall–Kier alpha value is -1.16. The summed E-state index contributed by atoms with van der Waals surface area (Å²) in [5.74, 6) is -0.764. The molecule has 0 amide bonds. The van der Waals surface area contributed by atoms with Crippen LogP contribution in [-0.4, -0.2) is 31.4 Å². The van der Waals surface area contributed by atoms with Crippen LogP contribution in [0.5, 0.6) is 0 Å². The lowest BCUT2D eigenvalue weighted by Crippen LogP contribution is -2.29. The average molecular weight is 291 g/mol. The van der Waals surface area contributed by atoms with E-state index in [4.69, 9.17) is 16.9 Å². The predicted octanol–water partition coefficient (Wildman–Crippen LogP) is 1.70. The van der Waals surface area contributed by atoms with Gasteiger partial charge in [0.15, 0.2) is 0 Å². The van der Waals surface area contributed by atoms with Gasteiger partial charge < -0.3 is 0 Å². The van der Waals surface area contributed by atoms with Crippen LogP contribution in [0.2, 0.25) is 0 Å². The molecule has 0 aliphatic rings. The molecule has 0 saturated heterocycles. The summed E-state index contributed by atoms with van der Waals surface area (Å²) in [5.41, 5.74) is 0.448. The molecule has 0 bridgehead atoms. The molecule has 7 heteroatoms. The van der Waals surface area contributed by atoms with Crippen LogP contribution < -0.4 is 0 Å². The van der Waals surface area contributed by atoms with Gasteiger partial charge in [0, 0.05) is 25.0 Å². The van der Waals surface area contributed by atoms with E-state index in [9.17, 15) is 12.8 Å². The van der Waals surface area contributed by atoms with Crippen molar-refractivity contribution in [2.45, 2.75) is 6.54 Å². The average Bonchev–Trinajstić information content (AvgIpc) is 2.31. The van der Waals surface area contributed by atoms with E-state index in [-0.39, 0.29) is 29.3 Å². The molecule has 1 aromatic carbocycles. The molecule has 0 fully saturated rings. The zero-order chi connectivity index (χ0) is 13.8. The minimum atomic E-state index is -3.49. The Balaban J connectivity index is 2.95. The van der Waals surface area contributed by atoms with Gasteiger partial charge in [0.2, 0.25) is 10.0 Å². The SMILES string of the molecule is CN(Cc1cc(C#N)ccc1F)S(=O)(=O)CCCl. The van der Waals surface area contributed by atoms with E-state index >= 15 is 0 Å². The summed E-state index contributed by atoms with van der Waals surface area (Å²) in [5, 5.41) is 8.71. The Bertz CT molecular complexity index is 569. The van der Waals surface area contributed by atoms with Gasteiger partial charge >= 0.3 is 0 Å². The Labute approximate surface area is 111 Å². The summed E-state index contributed by atoms with van der Waals surface area (Å²) < 4.78 is 37.8. The number of halogens is 2. The second-order valence-electron chi connectivity index (χ2n) is 3.68. The van der Waals surface area contributed by atoms with E-state index < -0.39 is 15.8 Å². The molecule has 0 aromatic heterocycles. The topological polar surface area (TPSA) is 61.2 Å². The highest BCUT2D eigenvalue weighted by Crippen LogP contribution is 2.14. The standard InChI is InChI=1S/C11H12ClFN2O2S/c1-15(18(16,17)5-4-12)8-10-6-9(7-14)2-3-11(10)13/h2-3,6H,4-5,8H2,1H3. The number of hydrogen-bond donors (Lipinski definition) is 0. The van der Waals surface area contributed by atoms with Crippen LogP contribution in [0, 0.1) is 17.1 Å². The van der Waals surface area contributed by atoms with Crippen LogP contribution in [-0.2, 0) is 16.6 Å². The Morgan fingerprint density at radius 1 is 1.50 bits per heavy atom. The lowest BCUT2D eigenvalue weighted by Gasteiger charge is -2.16. The third-order valence-electron chi connectivity index (χ3n) is 2.38. The fraction of sp³-hybridized carbons (Fsp3) is 0.364. The fourth-order valence-electron chi connectivity index (χ4n) is 1.36. The van der Waals surface area contributed by atoms with Crippen molar-refractivity contribution in [3.8, 4) is 6.07 Å². The maximum absolute atomic E-state index is 13.5. The molecular weight excluding hydrogens is 279 g/mol. The van der Waals surface area contributed by atoms with Gasteiger partial charge in [0.05, 0.1) is 17.4 Å². The van der Waals surface area contributed by atoms with E-state index in [0.29, 0.717) is 0 Å². The van der Waals surface area contributed by atoms with E-state index in [2.05, 4.69) is 0 Å². The third-order valence-corrected chi connectivity index (χ3v) is 4.59. The Morgan fingerprint density at radius 3 is 2.72 bits per heavy atom. The second kappa shape index (κ2) is 6.14. The highest BCUT2D eigenvalue weighted by molar-refractivity contribution is 7.89. The predicted molar refractivity (Wildman–Crippen MR) is 67.1 cm³/mol. The van der Waals surface area contributed by atoms with Gasteiger partial charge in [0.25, 0.3) is 0 Å². The molecule has 0 aliphatic carbocycles. The number of alkyl halides is 1. The largest absolute Gasteiger partial charge is 0.215 e. The molecule has 0 unspecified atom stereocenters. The molecule has 0 aliphatic heterocycles. The van der Waals surface area contributed by atoms with Crippen LogP contribution in [0.15, 0.2) is 18.2 Å². The number of nitrogens with zero attached hydrogens (tertiary/aromatic N) is 2. The summed E-state index contributed by atoms with van der Waals surface area (Å²) in [6.07, 6.45) is 0. The van der Waals surface area contributed by atoms with Crippen molar-refractivity contribution in [3.63, 3.8) is 0 Å². The fourth-order valence-corrected chi connectivity index (χ4v) is 2.78. The van der Waals surface area contributed by atoms with Crippen LogP contribution in [0.1, 0.15) is 11.1 Å². The van der Waals surface area contributed by atoms with Crippen molar-refractivity contribution in [3.05, 3.63) is 35.1 Å². The van der Waals surface area contributed by atoms with E-state index in [1.807, 2.05) is 6.07 Å². The summed E-state index contributed by atoms with van der Waals surface area (Å²) in [6.45, 7) is -0.124. The molecule has 1 rings (SSSR count). The van der Waals surface area contributed by atoms with E-state index in [1.54, 1.807) is 0 Å². The van der Waals surface area contributed by atoms with Crippen molar-refractivity contribution in [2.24, 2.45) is 0 Å². The molecule has 0 heterocycles. The highest BCUT2D eigenvalue weighted by atomic mass is 35.5. The van der Waals surface area contributed by atoms with Crippen molar-refractivity contribution >= 4 is 21.6 Å². The summed E-state index contributed by atoms with van der Waals surface area (Å²) in [6, 6.07) is 5.70. The van der Waals surface area contributed by atoms with Crippen molar-refractivity contribution in [2.75, 3.05) is 18.7 Å². The van der Waals surface area contributed by atoms with Crippen LogP contribution >= 0.6 is 11.6 Å². The van der Waals surface area contributed by atoms with E-state index in [0.717, 1.165) is 10.4 Å². The third kappa shape index (κ3) is 3.67. The van der Waals surface area contributed by atoms with Gasteiger partial charge in [-0.15, -0.1) is 11.6 Å². The monoisotopic (exact) mass is 290 g/mol. The number of hydrogen-bond acceptors (Lipinski definition) is 3. The maximum Gasteiger partial charge on any atom is 0.215 e. The Morgan fingerprint density at radius 2 is 2.17 bits per heavy atom. The normalized spacial score (nSPS) is 11.5. The van der Waals surface area contributed by atoms with Crippen molar-refractivity contribution in [1.29, 1.82) is 5.26 Å². The second-order valence-corrected chi connectivity index (χ2v) is 6.25. The number of rotatable bonds is 5. The zero-order valence-corrected chi connectivity index (χ0v) is 11.3. The number of nitriles is 1. The maximum atomic E-state index is 13.5. The van der Waals surface area contributed by atoms with Gasteiger partial charge in [0.1, 0.15) is 5.82 Å². The van der Waals surface area contributed by atoms with Gasteiger partial charge in [-0.2, -0.15) is 5.26 Å². The molecule has 98 valence electrons.